The van der Waals surface area contributed by atoms with Gasteiger partial charge in [0.05, 0.1) is 7.11 Å². The Hall–Kier alpha value is 0.840. The van der Waals surface area contributed by atoms with E-state index in [2.05, 4.69) is 20.6 Å². The summed E-state index contributed by atoms with van der Waals surface area (Å²) in [5, 5.41) is 0. The molecule has 1 heterocycles. The monoisotopic (exact) mass is 249 g/mol. The Morgan fingerprint density at radius 3 is 2.46 bits per heavy atom. The van der Waals surface area contributed by atoms with Crippen molar-refractivity contribution in [3.63, 3.8) is 0 Å². The SMILES string of the molecule is CO[P+]1(O)OC(C)(C)OP(O)(=S)O1. The molecule has 1 aliphatic rings. The summed E-state index contributed by atoms with van der Waals surface area (Å²) in [4.78, 5) is 18.9. The van der Waals surface area contributed by atoms with E-state index in [1.54, 1.807) is 0 Å². The van der Waals surface area contributed by atoms with Crippen molar-refractivity contribution >= 4 is 26.7 Å². The van der Waals surface area contributed by atoms with E-state index in [1.165, 1.54) is 21.0 Å². The summed E-state index contributed by atoms with van der Waals surface area (Å²) in [5.74, 6) is -1.21. The second kappa shape index (κ2) is 3.45. The second-order valence-corrected chi connectivity index (χ2v) is 7.43. The summed E-state index contributed by atoms with van der Waals surface area (Å²) < 4.78 is 19.1. The van der Waals surface area contributed by atoms with E-state index in [0.717, 1.165) is 0 Å². The zero-order valence-corrected chi connectivity index (χ0v) is 9.94. The van der Waals surface area contributed by atoms with Gasteiger partial charge in [-0.15, -0.1) is 4.52 Å². The molecule has 1 saturated heterocycles. The highest BCUT2D eigenvalue weighted by atomic mass is 32.5. The van der Waals surface area contributed by atoms with Crippen LogP contribution in [0.15, 0.2) is 0 Å². The molecule has 0 amide bonds. The lowest BCUT2D eigenvalue weighted by atomic mass is 10.4. The third kappa shape index (κ3) is 3.16. The quantitative estimate of drug-likeness (QED) is 0.678. The minimum Gasteiger partial charge on any atom is -0.322 e. The van der Waals surface area contributed by atoms with Crippen molar-refractivity contribution in [3.05, 3.63) is 0 Å². The summed E-state index contributed by atoms with van der Waals surface area (Å²) >= 11 is 4.59. The first-order valence-corrected chi connectivity index (χ1v) is 7.40. The third-order valence-electron chi connectivity index (χ3n) is 1.11. The van der Waals surface area contributed by atoms with Crippen molar-refractivity contribution in [1.82, 2.24) is 0 Å². The van der Waals surface area contributed by atoms with Gasteiger partial charge in [-0.25, -0.2) is 0 Å². The van der Waals surface area contributed by atoms with Gasteiger partial charge >= 0.3 is 14.9 Å². The van der Waals surface area contributed by atoms with Crippen molar-refractivity contribution in [2.75, 3.05) is 7.11 Å². The van der Waals surface area contributed by atoms with Crippen LogP contribution in [0.2, 0.25) is 0 Å². The molecule has 1 fully saturated rings. The molecule has 9 heteroatoms. The van der Waals surface area contributed by atoms with E-state index >= 15 is 0 Å². The first-order valence-electron chi connectivity index (χ1n) is 3.31. The highest BCUT2D eigenvalue weighted by Crippen LogP contribution is 2.75. The molecule has 2 N–H and O–H groups in total. The van der Waals surface area contributed by atoms with Crippen LogP contribution in [0.5, 0.6) is 0 Å². The maximum atomic E-state index is 9.52. The van der Waals surface area contributed by atoms with Crippen molar-refractivity contribution in [2.24, 2.45) is 0 Å². The van der Waals surface area contributed by atoms with Gasteiger partial charge in [0, 0.05) is 0 Å². The van der Waals surface area contributed by atoms with Crippen LogP contribution in [-0.2, 0) is 29.7 Å². The van der Waals surface area contributed by atoms with Gasteiger partial charge < -0.3 is 4.89 Å². The fraction of sp³-hybridized carbons (Fsp3) is 1.00. The smallest absolute Gasteiger partial charge is 0.322 e. The highest BCUT2D eigenvalue weighted by molar-refractivity contribution is 8.08. The lowest BCUT2D eigenvalue weighted by Gasteiger charge is -2.33. The normalized spacial score (nSPS) is 44.7. The van der Waals surface area contributed by atoms with Crippen molar-refractivity contribution in [1.29, 1.82) is 0 Å². The fourth-order valence-corrected chi connectivity index (χ4v) is 5.00. The van der Waals surface area contributed by atoms with E-state index in [0.29, 0.717) is 0 Å². The maximum absolute atomic E-state index is 9.52. The van der Waals surface area contributed by atoms with Crippen molar-refractivity contribution in [2.45, 2.75) is 19.6 Å². The molecule has 0 bridgehead atoms. The van der Waals surface area contributed by atoms with E-state index in [-0.39, 0.29) is 0 Å². The molecule has 13 heavy (non-hydrogen) atoms. The fourth-order valence-electron chi connectivity index (χ4n) is 0.807. The molecule has 1 aliphatic heterocycles. The molecule has 6 nitrogen and oxygen atoms in total. The Labute approximate surface area is 81.7 Å². The Morgan fingerprint density at radius 1 is 1.54 bits per heavy atom. The maximum Gasteiger partial charge on any atom is 0.584 e. The van der Waals surface area contributed by atoms with Gasteiger partial charge in [-0.3, -0.25) is 4.52 Å². The van der Waals surface area contributed by atoms with Crippen molar-refractivity contribution < 1.29 is 27.7 Å². The first-order chi connectivity index (χ1) is 5.68. The summed E-state index contributed by atoms with van der Waals surface area (Å²) in [7, 11) is -2.32. The average Bonchev–Trinajstić information content (AvgIpc) is 1.79. The average molecular weight is 249 g/mol. The van der Waals surface area contributed by atoms with Gasteiger partial charge in [0.15, 0.2) is 0 Å². The standard InChI is InChI=1S/C4H10O6P2S/c1-4(2)8-11(5,7-3)10-12(6,13)9-4/h5H,1-3H3/p+1. The van der Waals surface area contributed by atoms with Crippen LogP contribution < -0.4 is 0 Å². The van der Waals surface area contributed by atoms with E-state index < -0.39 is 20.7 Å². The van der Waals surface area contributed by atoms with Gasteiger partial charge in [0.1, 0.15) is 0 Å². The molecule has 78 valence electrons. The summed E-state index contributed by atoms with van der Waals surface area (Å²) in [6, 6.07) is 0. The molecule has 0 aliphatic carbocycles. The molecule has 0 aromatic carbocycles. The van der Waals surface area contributed by atoms with Gasteiger partial charge in [-0.05, 0) is 25.7 Å². The minimum atomic E-state index is -3.52. The lowest BCUT2D eigenvalue weighted by molar-refractivity contribution is -0.132. The van der Waals surface area contributed by atoms with E-state index in [9.17, 15) is 9.79 Å². The van der Waals surface area contributed by atoms with Gasteiger partial charge in [-0.1, -0.05) is 4.31 Å². The Morgan fingerprint density at radius 2 is 2.08 bits per heavy atom. The van der Waals surface area contributed by atoms with E-state index in [1.807, 2.05) is 0 Å². The minimum absolute atomic E-state index is 1.20. The van der Waals surface area contributed by atoms with Gasteiger partial charge in [0.25, 0.3) is 0 Å². The van der Waals surface area contributed by atoms with Crippen LogP contribution in [0.1, 0.15) is 13.8 Å². The number of hydrogen-bond donors (Lipinski definition) is 2. The summed E-state index contributed by atoms with van der Waals surface area (Å²) in [6.07, 6.45) is 0. The van der Waals surface area contributed by atoms with Gasteiger partial charge in [0.2, 0.25) is 5.79 Å². The van der Waals surface area contributed by atoms with Crippen molar-refractivity contribution in [3.8, 4) is 0 Å². The molecule has 1 rings (SSSR count). The number of hydrogen-bond acceptors (Lipinski definition) is 6. The molecule has 0 saturated carbocycles. The number of rotatable bonds is 1. The predicted molar refractivity (Wildman–Crippen MR) is 50.0 cm³/mol. The molecule has 2 unspecified atom stereocenters. The van der Waals surface area contributed by atoms with E-state index in [4.69, 9.17) is 9.05 Å². The Bertz CT molecular complexity index is 257. The van der Waals surface area contributed by atoms with Crippen LogP contribution in [-0.4, -0.2) is 22.7 Å². The zero-order chi connectivity index (χ0) is 10.3. The highest BCUT2D eigenvalue weighted by Gasteiger charge is 2.60. The Balaban J connectivity index is 2.90. The second-order valence-electron chi connectivity index (χ2n) is 2.78. The van der Waals surface area contributed by atoms with Crippen LogP contribution in [0.25, 0.3) is 0 Å². The molecular weight excluding hydrogens is 238 g/mol. The molecule has 0 aromatic heterocycles. The molecule has 2 atom stereocenters. The van der Waals surface area contributed by atoms with Crippen LogP contribution >= 0.6 is 14.9 Å². The van der Waals surface area contributed by atoms with Crippen LogP contribution in [0, 0.1) is 0 Å². The topological polar surface area (TPSA) is 77.4 Å². The molecule has 0 aromatic rings. The summed E-state index contributed by atoms with van der Waals surface area (Å²) in [6.45, 7) is -0.470. The molecule has 0 spiro atoms. The lowest BCUT2D eigenvalue weighted by Crippen LogP contribution is -2.32. The Kier molecular flexibility index (Phi) is 3.16. The predicted octanol–water partition coefficient (Wildman–Crippen LogP) is 1.32. The molecular formula is C4H11O6P2S+. The zero-order valence-electron chi connectivity index (χ0n) is 7.33. The largest absolute Gasteiger partial charge is 0.584 e. The van der Waals surface area contributed by atoms with Gasteiger partial charge in [-0.2, -0.15) is 9.42 Å². The molecule has 0 radical (unpaired) electrons. The van der Waals surface area contributed by atoms with Crippen LogP contribution in [0.4, 0.5) is 0 Å². The summed E-state index contributed by atoms with van der Waals surface area (Å²) in [5.41, 5.74) is 0. The third-order valence-corrected chi connectivity index (χ3v) is 5.38. The van der Waals surface area contributed by atoms with Crippen LogP contribution in [0.3, 0.4) is 0 Å². The first kappa shape index (κ1) is 11.9.